The molecular weight excluding hydrogens is 190 g/mol. The predicted octanol–water partition coefficient (Wildman–Crippen LogP) is 1.72. The van der Waals surface area contributed by atoms with Crippen molar-refractivity contribution in [2.45, 2.75) is 45.9 Å². The zero-order valence-electron chi connectivity index (χ0n) is 9.81. The molecule has 2 N–H and O–H groups in total. The summed E-state index contributed by atoms with van der Waals surface area (Å²) >= 11 is 0. The van der Waals surface area contributed by atoms with Crippen LogP contribution in [0, 0.1) is 0 Å². The molecule has 15 heavy (non-hydrogen) atoms. The van der Waals surface area contributed by atoms with Gasteiger partial charge in [-0.05, 0) is 20.3 Å². The van der Waals surface area contributed by atoms with E-state index in [-0.39, 0.29) is 12.1 Å². The first-order valence-corrected chi connectivity index (χ1v) is 5.58. The molecule has 86 valence electrons. The summed E-state index contributed by atoms with van der Waals surface area (Å²) in [6, 6.07) is -0.0874. The second kappa shape index (κ2) is 5.88. The number of hydrogen-bond donors (Lipinski definition) is 1. The van der Waals surface area contributed by atoms with Crippen molar-refractivity contribution in [3.63, 3.8) is 0 Å². The highest BCUT2D eigenvalue weighted by molar-refractivity contribution is 5.11. The van der Waals surface area contributed by atoms with E-state index in [0.717, 1.165) is 18.5 Å². The van der Waals surface area contributed by atoms with Crippen molar-refractivity contribution in [2.75, 3.05) is 6.61 Å². The molecule has 1 aromatic heterocycles. The van der Waals surface area contributed by atoms with Crippen LogP contribution in [0.25, 0.3) is 0 Å². The number of nitrogens with two attached hydrogens (primary N) is 1. The molecule has 2 atom stereocenters. The van der Waals surface area contributed by atoms with Crippen molar-refractivity contribution < 1.29 is 4.74 Å². The zero-order chi connectivity index (χ0) is 11.3. The van der Waals surface area contributed by atoms with Crippen molar-refractivity contribution in [3.05, 3.63) is 18.0 Å². The maximum Gasteiger partial charge on any atom is 0.0740 e. The minimum absolute atomic E-state index is 0.0364. The Morgan fingerprint density at radius 3 is 2.87 bits per heavy atom. The number of nitrogens with zero attached hydrogens (tertiary/aromatic N) is 2. The molecule has 1 heterocycles. The maximum absolute atomic E-state index is 6.06. The van der Waals surface area contributed by atoms with E-state index >= 15 is 0 Å². The van der Waals surface area contributed by atoms with Crippen LogP contribution in [0.1, 0.15) is 38.8 Å². The molecule has 0 aliphatic carbocycles. The molecule has 0 aromatic carbocycles. The van der Waals surface area contributed by atoms with Gasteiger partial charge in [-0.2, -0.15) is 5.10 Å². The molecule has 0 radical (unpaired) electrons. The molecule has 0 amide bonds. The highest BCUT2D eigenvalue weighted by Crippen LogP contribution is 2.15. The van der Waals surface area contributed by atoms with E-state index in [4.69, 9.17) is 10.5 Å². The van der Waals surface area contributed by atoms with Crippen LogP contribution < -0.4 is 5.73 Å². The minimum Gasteiger partial charge on any atom is -0.377 e. The van der Waals surface area contributed by atoms with Gasteiger partial charge in [0.15, 0.2) is 0 Å². The van der Waals surface area contributed by atoms with Gasteiger partial charge >= 0.3 is 0 Å². The summed E-state index contributed by atoms with van der Waals surface area (Å²) in [5.74, 6) is 0. The van der Waals surface area contributed by atoms with Crippen LogP contribution >= 0.6 is 0 Å². The summed E-state index contributed by atoms with van der Waals surface area (Å²) in [6.07, 6.45) is 4.95. The molecule has 2 unspecified atom stereocenters. The lowest BCUT2D eigenvalue weighted by atomic mass is 10.1. The SMILES string of the molecule is CCCn1cc(C(N)C(C)OCC)cn1. The van der Waals surface area contributed by atoms with Crippen LogP contribution in [0.3, 0.4) is 0 Å². The van der Waals surface area contributed by atoms with Crippen LogP contribution in [0.4, 0.5) is 0 Å². The number of hydrogen-bond acceptors (Lipinski definition) is 3. The number of rotatable bonds is 6. The normalized spacial score (nSPS) is 15.2. The Hall–Kier alpha value is -0.870. The maximum atomic E-state index is 6.06. The van der Waals surface area contributed by atoms with Crippen LogP contribution in [0.5, 0.6) is 0 Å². The fourth-order valence-electron chi connectivity index (χ4n) is 1.54. The van der Waals surface area contributed by atoms with Crippen LogP contribution in [0.2, 0.25) is 0 Å². The highest BCUT2D eigenvalue weighted by atomic mass is 16.5. The Morgan fingerprint density at radius 2 is 2.27 bits per heavy atom. The second-order valence-corrected chi connectivity index (χ2v) is 3.72. The Kier molecular flexibility index (Phi) is 4.78. The van der Waals surface area contributed by atoms with Crippen molar-refractivity contribution in [3.8, 4) is 0 Å². The van der Waals surface area contributed by atoms with Crippen molar-refractivity contribution in [2.24, 2.45) is 5.73 Å². The van der Waals surface area contributed by atoms with Gasteiger partial charge in [-0.15, -0.1) is 0 Å². The molecule has 0 aliphatic rings. The number of aryl methyl sites for hydroxylation is 1. The smallest absolute Gasteiger partial charge is 0.0740 e. The summed E-state index contributed by atoms with van der Waals surface area (Å²) < 4.78 is 7.39. The Bertz CT molecular complexity index is 285. The lowest BCUT2D eigenvalue weighted by Gasteiger charge is -2.18. The second-order valence-electron chi connectivity index (χ2n) is 3.72. The van der Waals surface area contributed by atoms with E-state index in [1.54, 1.807) is 0 Å². The molecule has 0 aliphatic heterocycles. The van der Waals surface area contributed by atoms with Gasteiger partial charge in [0, 0.05) is 24.9 Å². The van der Waals surface area contributed by atoms with Crippen molar-refractivity contribution in [1.29, 1.82) is 0 Å². The Morgan fingerprint density at radius 1 is 1.53 bits per heavy atom. The largest absolute Gasteiger partial charge is 0.377 e. The van der Waals surface area contributed by atoms with E-state index < -0.39 is 0 Å². The first-order chi connectivity index (χ1) is 7.19. The van der Waals surface area contributed by atoms with Gasteiger partial charge in [-0.1, -0.05) is 6.92 Å². The topological polar surface area (TPSA) is 53.1 Å². The van der Waals surface area contributed by atoms with Gasteiger partial charge in [-0.3, -0.25) is 4.68 Å². The molecule has 0 saturated carbocycles. The molecular formula is C11H21N3O. The molecule has 1 aromatic rings. The Balaban J connectivity index is 2.60. The molecule has 0 bridgehead atoms. The third-order valence-electron chi connectivity index (χ3n) is 2.43. The van der Waals surface area contributed by atoms with Gasteiger partial charge in [0.2, 0.25) is 0 Å². The van der Waals surface area contributed by atoms with Crippen LogP contribution in [0.15, 0.2) is 12.4 Å². The fourth-order valence-corrected chi connectivity index (χ4v) is 1.54. The Labute approximate surface area is 91.4 Å². The average molecular weight is 211 g/mol. The third-order valence-corrected chi connectivity index (χ3v) is 2.43. The quantitative estimate of drug-likeness (QED) is 0.779. The van der Waals surface area contributed by atoms with Gasteiger partial charge in [-0.25, -0.2) is 0 Å². The van der Waals surface area contributed by atoms with E-state index in [2.05, 4.69) is 12.0 Å². The van der Waals surface area contributed by atoms with E-state index in [1.165, 1.54) is 0 Å². The van der Waals surface area contributed by atoms with Crippen LogP contribution in [-0.2, 0) is 11.3 Å². The highest BCUT2D eigenvalue weighted by Gasteiger charge is 2.16. The molecule has 0 fully saturated rings. The minimum atomic E-state index is -0.0874. The predicted molar refractivity (Wildman–Crippen MR) is 60.5 cm³/mol. The summed E-state index contributed by atoms with van der Waals surface area (Å²) in [4.78, 5) is 0. The molecule has 4 nitrogen and oxygen atoms in total. The third kappa shape index (κ3) is 3.32. The van der Waals surface area contributed by atoms with Gasteiger partial charge in [0.05, 0.1) is 18.3 Å². The average Bonchev–Trinajstić information content (AvgIpc) is 2.66. The van der Waals surface area contributed by atoms with E-state index in [9.17, 15) is 0 Å². The monoisotopic (exact) mass is 211 g/mol. The lowest BCUT2D eigenvalue weighted by molar-refractivity contribution is 0.0574. The lowest BCUT2D eigenvalue weighted by Crippen LogP contribution is -2.25. The van der Waals surface area contributed by atoms with Gasteiger partial charge in [0.1, 0.15) is 0 Å². The molecule has 0 saturated heterocycles. The standard InChI is InChI=1S/C11H21N3O/c1-4-6-14-8-10(7-13-14)11(12)9(3)15-5-2/h7-9,11H,4-6,12H2,1-3H3. The fraction of sp³-hybridized carbons (Fsp3) is 0.727. The molecule has 0 spiro atoms. The summed E-state index contributed by atoms with van der Waals surface area (Å²) in [6.45, 7) is 7.73. The van der Waals surface area contributed by atoms with E-state index in [0.29, 0.717) is 6.61 Å². The van der Waals surface area contributed by atoms with E-state index in [1.807, 2.05) is 30.9 Å². The van der Waals surface area contributed by atoms with Crippen molar-refractivity contribution >= 4 is 0 Å². The number of ether oxygens (including phenoxy) is 1. The first kappa shape index (κ1) is 12.2. The van der Waals surface area contributed by atoms with Gasteiger partial charge < -0.3 is 10.5 Å². The molecule has 1 rings (SSSR count). The summed E-state index contributed by atoms with van der Waals surface area (Å²) in [7, 11) is 0. The summed E-state index contributed by atoms with van der Waals surface area (Å²) in [5, 5.41) is 4.25. The summed E-state index contributed by atoms with van der Waals surface area (Å²) in [5.41, 5.74) is 7.10. The van der Waals surface area contributed by atoms with Gasteiger partial charge in [0.25, 0.3) is 0 Å². The molecule has 4 heteroatoms. The number of aromatic nitrogens is 2. The van der Waals surface area contributed by atoms with Crippen LogP contribution in [-0.4, -0.2) is 22.5 Å². The van der Waals surface area contributed by atoms with Crippen molar-refractivity contribution in [1.82, 2.24) is 9.78 Å². The zero-order valence-corrected chi connectivity index (χ0v) is 9.81. The first-order valence-electron chi connectivity index (χ1n) is 5.58.